The number of rotatable bonds is 5. The van der Waals surface area contributed by atoms with E-state index < -0.39 is 20.0 Å². The highest BCUT2D eigenvalue weighted by atomic mass is 32.2. The number of methoxy groups -OCH3 is 1. The van der Waals surface area contributed by atoms with Crippen LogP contribution in [0.15, 0.2) is 52.3 Å². The first-order valence-corrected chi connectivity index (χ1v) is 9.47. The van der Waals surface area contributed by atoms with Crippen molar-refractivity contribution in [2.75, 3.05) is 11.8 Å². The van der Waals surface area contributed by atoms with Gasteiger partial charge in [0, 0.05) is 5.69 Å². The maximum Gasteiger partial charge on any atom is 0.265 e. The molecule has 124 valence electrons. The molecule has 0 amide bonds. The lowest BCUT2D eigenvalue weighted by atomic mass is 10.2. The predicted molar refractivity (Wildman–Crippen MR) is 86.4 cm³/mol. The second-order valence-electron chi connectivity index (χ2n) is 4.83. The highest BCUT2D eigenvalue weighted by Crippen LogP contribution is 2.27. The van der Waals surface area contributed by atoms with Gasteiger partial charge >= 0.3 is 0 Å². The Labute approximate surface area is 135 Å². The van der Waals surface area contributed by atoms with Crippen LogP contribution in [0.1, 0.15) is 5.56 Å². The fourth-order valence-corrected chi connectivity index (χ4v) is 3.75. The van der Waals surface area contributed by atoms with Gasteiger partial charge in [-0.15, -0.1) is 0 Å². The summed E-state index contributed by atoms with van der Waals surface area (Å²) in [7, 11) is -6.33. The first kappa shape index (κ1) is 17.3. The Balaban J connectivity index is 2.37. The molecule has 0 aliphatic heterocycles. The van der Waals surface area contributed by atoms with Gasteiger partial charge in [0.2, 0.25) is 10.0 Å². The number of aryl methyl sites for hydroxylation is 1. The quantitative estimate of drug-likeness (QED) is 0.841. The lowest BCUT2D eigenvalue weighted by Crippen LogP contribution is -2.15. The Morgan fingerprint density at radius 1 is 1.00 bits per heavy atom. The summed E-state index contributed by atoms with van der Waals surface area (Å²) in [5.74, 6) is 0.212. The molecule has 0 aliphatic rings. The van der Waals surface area contributed by atoms with E-state index >= 15 is 0 Å². The van der Waals surface area contributed by atoms with Gasteiger partial charge in [0.1, 0.15) is 10.6 Å². The van der Waals surface area contributed by atoms with Gasteiger partial charge in [0.25, 0.3) is 10.0 Å². The second-order valence-corrected chi connectivity index (χ2v) is 8.04. The van der Waals surface area contributed by atoms with E-state index in [1.165, 1.54) is 37.4 Å². The van der Waals surface area contributed by atoms with Crippen LogP contribution >= 0.6 is 0 Å². The van der Waals surface area contributed by atoms with Gasteiger partial charge in [-0.25, -0.2) is 22.0 Å². The predicted octanol–water partition coefficient (Wildman–Crippen LogP) is 1.45. The van der Waals surface area contributed by atoms with Crippen LogP contribution in [0.4, 0.5) is 5.69 Å². The van der Waals surface area contributed by atoms with Gasteiger partial charge in [-0.05, 0) is 48.9 Å². The van der Waals surface area contributed by atoms with Crippen molar-refractivity contribution in [1.29, 1.82) is 0 Å². The summed E-state index contributed by atoms with van der Waals surface area (Å²) in [6.07, 6.45) is 0. The molecular weight excluding hydrogens is 340 g/mol. The van der Waals surface area contributed by atoms with Gasteiger partial charge in [-0.1, -0.05) is 6.07 Å². The van der Waals surface area contributed by atoms with Gasteiger partial charge in [-0.2, -0.15) is 0 Å². The monoisotopic (exact) mass is 356 g/mol. The Morgan fingerprint density at radius 2 is 1.61 bits per heavy atom. The van der Waals surface area contributed by atoms with Crippen molar-refractivity contribution in [3.63, 3.8) is 0 Å². The number of sulfonamides is 2. The summed E-state index contributed by atoms with van der Waals surface area (Å²) in [4.78, 5) is -0.107. The minimum absolute atomic E-state index is 0.00415. The normalized spacial score (nSPS) is 12.0. The molecule has 7 nitrogen and oxygen atoms in total. The van der Waals surface area contributed by atoms with E-state index in [0.717, 1.165) is 5.56 Å². The number of nitrogens with one attached hydrogen (secondary N) is 1. The highest BCUT2D eigenvalue weighted by Gasteiger charge is 2.20. The SMILES string of the molecule is COc1ccc(C)cc1S(=O)(=O)Nc1ccc(S(N)(=O)=O)cc1. The molecule has 0 fully saturated rings. The maximum atomic E-state index is 12.5. The Hall–Kier alpha value is -2.10. The lowest BCUT2D eigenvalue weighted by molar-refractivity contribution is 0.402. The molecule has 23 heavy (non-hydrogen) atoms. The third-order valence-corrected chi connectivity index (χ3v) is 5.38. The summed E-state index contributed by atoms with van der Waals surface area (Å²) in [5.41, 5.74) is 0.969. The third kappa shape index (κ3) is 4.01. The smallest absolute Gasteiger partial charge is 0.265 e. The van der Waals surface area contributed by atoms with E-state index in [1.54, 1.807) is 19.1 Å². The summed E-state index contributed by atoms with van der Waals surface area (Å²) < 4.78 is 54.8. The number of benzene rings is 2. The zero-order chi connectivity index (χ0) is 17.3. The second kappa shape index (κ2) is 6.19. The summed E-state index contributed by atoms with van der Waals surface area (Å²) in [6.45, 7) is 1.76. The molecule has 0 radical (unpaired) electrons. The molecule has 0 heterocycles. The molecule has 2 aromatic rings. The number of nitrogens with two attached hydrogens (primary N) is 1. The van der Waals surface area contributed by atoms with E-state index in [0.29, 0.717) is 0 Å². The van der Waals surface area contributed by atoms with Crippen LogP contribution in [-0.4, -0.2) is 23.9 Å². The van der Waals surface area contributed by atoms with Crippen molar-refractivity contribution in [3.05, 3.63) is 48.0 Å². The average molecular weight is 356 g/mol. The van der Waals surface area contributed by atoms with E-state index in [2.05, 4.69) is 4.72 Å². The largest absolute Gasteiger partial charge is 0.495 e. The van der Waals surface area contributed by atoms with E-state index in [-0.39, 0.29) is 21.2 Å². The minimum Gasteiger partial charge on any atom is -0.495 e. The Morgan fingerprint density at radius 3 is 2.13 bits per heavy atom. The van der Waals surface area contributed by atoms with Crippen molar-refractivity contribution >= 4 is 25.7 Å². The molecular formula is C14H16N2O5S2. The van der Waals surface area contributed by atoms with E-state index in [4.69, 9.17) is 9.88 Å². The van der Waals surface area contributed by atoms with Crippen molar-refractivity contribution in [2.45, 2.75) is 16.7 Å². The standard InChI is InChI=1S/C14H16N2O5S2/c1-10-3-8-13(21-2)14(9-10)23(19,20)16-11-4-6-12(7-5-11)22(15,17)18/h3-9,16H,1-2H3,(H2,15,17,18). The Kier molecular flexibility index (Phi) is 4.64. The molecule has 0 bridgehead atoms. The molecule has 0 spiro atoms. The van der Waals surface area contributed by atoms with Crippen LogP contribution in [0.3, 0.4) is 0 Å². The van der Waals surface area contributed by atoms with E-state index in [9.17, 15) is 16.8 Å². The van der Waals surface area contributed by atoms with E-state index in [1.807, 2.05) is 0 Å². The summed E-state index contributed by atoms with van der Waals surface area (Å²) >= 11 is 0. The average Bonchev–Trinajstić information content (AvgIpc) is 2.46. The first-order chi connectivity index (χ1) is 10.6. The number of ether oxygens (including phenoxy) is 1. The van der Waals surface area contributed by atoms with Crippen LogP contribution in [0.25, 0.3) is 0 Å². The van der Waals surface area contributed by atoms with Crippen molar-refractivity contribution < 1.29 is 21.6 Å². The number of anilines is 1. The number of hydrogen-bond donors (Lipinski definition) is 2. The van der Waals surface area contributed by atoms with Gasteiger partial charge in [0.15, 0.2) is 0 Å². The number of hydrogen-bond acceptors (Lipinski definition) is 5. The third-order valence-electron chi connectivity index (χ3n) is 3.04. The fraction of sp³-hybridized carbons (Fsp3) is 0.143. The Bertz CT molecular complexity index is 920. The van der Waals surface area contributed by atoms with Crippen molar-refractivity contribution in [1.82, 2.24) is 0 Å². The molecule has 2 rings (SSSR count). The highest BCUT2D eigenvalue weighted by molar-refractivity contribution is 7.92. The molecule has 0 aliphatic carbocycles. The molecule has 9 heteroatoms. The molecule has 0 saturated heterocycles. The van der Waals surface area contributed by atoms with Crippen molar-refractivity contribution in [2.24, 2.45) is 5.14 Å². The molecule has 0 saturated carbocycles. The molecule has 2 aromatic carbocycles. The first-order valence-electron chi connectivity index (χ1n) is 6.44. The van der Waals surface area contributed by atoms with Crippen LogP contribution in [0, 0.1) is 6.92 Å². The zero-order valence-electron chi connectivity index (χ0n) is 12.5. The van der Waals surface area contributed by atoms with Crippen molar-refractivity contribution in [3.8, 4) is 5.75 Å². The molecule has 0 unspecified atom stereocenters. The van der Waals surface area contributed by atoms with Gasteiger partial charge in [0.05, 0.1) is 12.0 Å². The lowest BCUT2D eigenvalue weighted by Gasteiger charge is -2.12. The van der Waals surface area contributed by atoms with Crippen LogP contribution < -0.4 is 14.6 Å². The number of primary sulfonamides is 1. The minimum atomic E-state index is -3.88. The van der Waals surface area contributed by atoms with Crippen LogP contribution in [-0.2, 0) is 20.0 Å². The maximum absolute atomic E-state index is 12.5. The molecule has 0 aromatic heterocycles. The molecule has 3 N–H and O–H groups in total. The van der Waals surface area contributed by atoms with Crippen LogP contribution in [0.2, 0.25) is 0 Å². The fourth-order valence-electron chi connectivity index (χ4n) is 1.92. The van der Waals surface area contributed by atoms with Crippen LogP contribution in [0.5, 0.6) is 5.75 Å². The molecule has 0 atom stereocenters. The summed E-state index contributed by atoms with van der Waals surface area (Å²) in [6, 6.07) is 9.87. The van der Waals surface area contributed by atoms with Gasteiger partial charge in [-0.3, -0.25) is 4.72 Å². The zero-order valence-corrected chi connectivity index (χ0v) is 14.1. The topological polar surface area (TPSA) is 116 Å². The summed E-state index contributed by atoms with van der Waals surface area (Å²) in [5, 5.41) is 5.00. The van der Waals surface area contributed by atoms with Gasteiger partial charge < -0.3 is 4.74 Å².